The van der Waals surface area contributed by atoms with Gasteiger partial charge in [-0.2, -0.15) is 13.2 Å². The minimum Gasteiger partial charge on any atom is -0.461 e. The van der Waals surface area contributed by atoms with E-state index in [9.17, 15) is 18.0 Å². The van der Waals surface area contributed by atoms with Crippen LogP contribution in [0.1, 0.15) is 29.5 Å². The fourth-order valence-corrected chi connectivity index (χ4v) is 1.47. The summed E-state index contributed by atoms with van der Waals surface area (Å²) in [4.78, 5) is 11.5. The van der Waals surface area contributed by atoms with Crippen molar-refractivity contribution in [1.29, 1.82) is 0 Å². The number of alkyl halides is 3. The highest BCUT2D eigenvalue weighted by Crippen LogP contribution is 2.14. The standard InChI is InChI=1S/C11H16F3N3O3/c1-3-20-10(18)9-8(2)17(16-15-9)5-4-6-19-7-11(12,13)14/h3-7H2,1-2H3. The summed E-state index contributed by atoms with van der Waals surface area (Å²) in [7, 11) is 0. The maximum Gasteiger partial charge on any atom is 0.411 e. The van der Waals surface area contributed by atoms with Crippen molar-refractivity contribution in [1.82, 2.24) is 15.0 Å². The molecule has 114 valence electrons. The van der Waals surface area contributed by atoms with E-state index in [1.165, 1.54) is 4.68 Å². The van der Waals surface area contributed by atoms with E-state index in [1.807, 2.05) is 0 Å². The van der Waals surface area contributed by atoms with Gasteiger partial charge < -0.3 is 9.47 Å². The molecule has 0 amide bonds. The lowest BCUT2D eigenvalue weighted by atomic mass is 10.3. The van der Waals surface area contributed by atoms with Gasteiger partial charge in [-0.3, -0.25) is 0 Å². The molecule has 6 nitrogen and oxygen atoms in total. The number of nitrogens with zero attached hydrogens (tertiary/aromatic N) is 3. The molecule has 1 aromatic heterocycles. The Hall–Kier alpha value is -1.64. The molecule has 0 atom stereocenters. The summed E-state index contributed by atoms with van der Waals surface area (Å²) in [6.07, 6.45) is -3.98. The van der Waals surface area contributed by atoms with Crippen LogP contribution < -0.4 is 0 Å². The Bertz CT molecular complexity index is 446. The second kappa shape index (κ2) is 7.22. The highest BCUT2D eigenvalue weighted by atomic mass is 19.4. The number of ether oxygens (including phenoxy) is 2. The Morgan fingerprint density at radius 2 is 2.10 bits per heavy atom. The Labute approximate surface area is 113 Å². The van der Waals surface area contributed by atoms with Gasteiger partial charge in [0, 0.05) is 13.2 Å². The highest BCUT2D eigenvalue weighted by Gasteiger charge is 2.27. The van der Waals surface area contributed by atoms with Crippen molar-refractivity contribution in [3.63, 3.8) is 0 Å². The molecule has 0 radical (unpaired) electrons. The summed E-state index contributed by atoms with van der Waals surface area (Å²) in [5, 5.41) is 7.44. The summed E-state index contributed by atoms with van der Waals surface area (Å²) in [6, 6.07) is 0. The van der Waals surface area contributed by atoms with Crippen LogP contribution in [0.5, 0.6) is 0 Å². The van der Waals surface area contributed by atoms with Crippen molar-refractivity contribution in [3.05, 3.63) is 11.4 Å². The number of halogens is 3. The summed E-state index contributed by atoms with van der Waals surface area (Å²) >= 11 is 0. The van der Waals surface area contributed by atoms with E-state index in [2.05, 4.69) is 15.0 Å². The number of hydrogen-bond donors (Lipinski definition) is 0. The molecule has 0 saturated carbocycles. The Morgan fingerprint density at radius 3 is 2.70 bits per heavy atom. The number of carbonyl (C=O) groups is 1. The number of hydrogen-bond acceptors (Lipinski definition) is 5. The van der Waals surface area contributed by atoms with Crippen LogP contribution in [0.3, 0.4) is 0 Å². The Kier molecular flexibility index (Phi) is 5.93. The molecule has 0 unspecified atom stereocenters. The minimum absolute atomic E-state index is 0.0481. The Balaban J connectivity index is 2.40. The van der Waals surface area contributed by atoms with Crippen molar-refractivity contribution in [2.24, 2.45) is 0 Å². The Morgan fingerprint density at radius 1 is 1.40 bits per heavy atom. The molecule has 0 saturated heterocycles. The van der Waals surface area contributed by atoms with Gasteiger partial charge in [0.05, 0.1) is 12.3 Å². The summed E-state index contributed by atoms with van der Waals surface area (Å²) in [5.74, 6) is -0.565. The largest absolute Gasteiger partial charge is 0.461 e. The zero-order chi connectivity index (χ0) is 15.2. The fraction of sp³-hybridized carbons (Fsp3) is 0.727. The molecule has 0 bridgehead atoms. The number of aryl methyl sites for hydroxylation is 1. The van der Waals surface area contributed by atoms with E-state index >= 15 is 0 Å². The zero-order valence-electron chi connectivity index (χ0n) is 11.2. The lowest BCUT2D eigenvalue weighted by molar-refractivity contribution is -0.174. The fourth-order valence-electron chi connectivity index (χ4n) is 1.47. The third kappa shape index (κ3) is 5.16. The maximum atomic E-state index is 11.8. The third-order valence-corrected chi connectivity index (χ3v) is 2.38. The average Bonchev–Trinajstić information content (AvgIpc) is 2.69. The molecule has 0 spiro atoms. The van der Waals surface area contributed by atoms with E-state index in [4.69, 9.17) is 4.74 Å². The van der Waals surface area contributed by atoms with E-state index < -0.39 is 18.8 Å². The second-order valence-electron chi connectivity index (χ2n) is 3.99. The first-order valence-electron chi connectivity index (χ1n) is 6.07. The van der Waals surface area contributed by atoms with Gasteiger partial charge >= 0.3 is 12.1 Å². The van der Waals surface area contributed by atoms with Gasteiger partial charge in [-0.05, 0) is 20.3 Å². The summed E-state index contributed by atoms with van der Waals surface area (Å²) in [5.41, 5.74) is 0.627. The first kappa shape index (κ1) is 16.4. The first-order chi connectivity index (χ1) is 9.35. The van der Waals surface area contributed by atoms with Crippen molar-refractivity contribution >= 4 is 5.97 Å². The predicted octanol–water partition coefficient (Wildman–Crippen LogP) is 1.73. The number of esters is 1. The second-order valence-corrected chi connectivity index (χ2v) is 3.99. The van der Waals surface area contributed by atoms with Crippen LogP contribution in [-0.2, 0) is 16.0 Å². The molecule has 0 fully saturated rings. The van der Waals surface area contributed by atoms with Crippen LogP contribution in [0.2, 0.25) is 0 Å². The molecule has 20 heavy (non-hydrogen) atoms. The highest BCUT2D eigenvalue weighted by molar-refractivity contribution is 5.88. The molecule has 0 aliphatic heterocycles. The van der Waals surface area contributed by atoms with Gasteiger partial charge in [0.1, 0.15) is 6.61 Å². The summed E-state index contributed by atoms with van der Waals surface area (Å²) in [6.45, 7) is 2.55. The van der Waals surface area contributed by atoms with Crippen LogP contribution in [0.25, 0.3) is 0 Å². The summed E-state index contributed by atoms with van der Waals surface area (Å²) < 4.78 is 46.2. The number of carbonyl (C=O) groups excluding carboxylic acids is 1. The van der Waals surface area contributed by atoms with Crippen LogP contribution in [0, 0.1) is 6.92 Å². The number of rotatable bonds is 7. The molecule has 1 rings (SSSR count). The van der Waals surface area contributed by atoms with Crippen molar-refractivity contribution in [3.8, 4) is 0 Å². The van der Waals surface area contributed by atoms with Gasteiger partial charge in [0.2, 0.25) is 0 Å². The van der Waals surface area contributed by atoms with Gasteiger partial charge in [-0.15, -0.1) is 5.10 Å². The van der Waals surface area contributed by atoms with Gasteiger partial charge in [0.25, 0.3) is 0 Å². The molecular formula is C11H16F3N3O3. The molecule has 0 N–H and O–H groups in total. The molecule has 0 aliphatic carbocycles. The van der Waals surface area contributed by atoms with Crippen LogP contribution in [0.15, 0.2) is 0 Å². The van der Waals surface area contributed by atoms with Crippen LogP contribution in [0.4, 0.5) is 13.2 Å². The normalized spacial score (nSPS) is 11.7. The molecule has 1 heterocycles. The van der Waals surface area contributed by atoms with E-state index in [0.29, 0.717) is 18.7 Å². The average molecular weight is 295 g/mol. The van der Waals surface area contributed by atoms with E-state index in [-0.39, 0.29) is 18.9 Å². The van der Waals surface area contributed by atoms with Crippen LogP contribution >= 0.6 is 0 Å². The first-order valence-corrected chi connectivity index (χ1v) is 6.07. The molecule has 0 aliphatic rings. The van der Waals surface area contributed by atoms with Crippen molar-refractivity contribution < 1.29 is 27.4 Å². The topological polar surface area (TPSA) is 66.2 Å². The van der Waals surface area contributed by atoms with Gasteiger partial charge in [0.15, 0.2) is 5.69 Å². The molecule has 9 heteroatoms. The maximum absolute atomic E-state index is 11.8. The molecular weight excluding hydrogens is 279 g/mol. The quantitative estimate of drug-likeness (QED) is 0.566. The van der Waals surface area contributed by atoms with E-state index in [1.54, 1.807) is 13.8 Å². The van der Waals surface area contributed by atoms with Crippen molar-refractivity contribution in [2.45, 2.75) is 33.0 Å². The molecule has 0 aromatic carbocycles. The monoisotopic (exact) mass is 295 g/mol. The lowest BCUT2D eigenvalue weighted by Crippen LogP contribution is -2.18. The van der Waals surface area contributed by atoms with Gasteiger partial charge in [-0.25, -0.2) is 9.48 Å². The predicted molar refractivity (Wildman–Crippen MR) is 62.2 cm³/mol. The van der Waals surface area contributed by atoms with Gasteiger partial charge in [-0.1, -0.05) is 5.21 Å². The minimum atomic E-state index is -4.32. The number of aromatic nitrogens is 3. The van der Waals surface area contributed by atoms with Crippen LogP contribution in [-0.4, -0.2) is 47.0 Å². The zero-order valence-corrected chi connectivity index (χ0v) is 11.2. The van der Waals surface area contributed by atoms with Crippen molar-refractivity contribution in [2.75, 3.05) is 19.8 Å². The molecule has 1 aromatic rings. The SMILES string of the molecule is CCOC(=O)c1nnn(CCCOCC(F)(F)F)c1C. The smallest absolute Gasteiger partial charge is 0.411 e. The lowest BCUT2D eigenvalue weighted by Gasteiger charge is -2.07. The van der Waals surface area contributed by atoms with E-state index in [0.717, 1.165) is 0 Å². The third-order valence-electron chi connectivity index (χ3n) is 2.38.